The van der Waals surface area contributed by atoms with Gasteiger partial charge in [-0.05, 0) is 266 Å². The van der Waals surface area contributed by atoms with Crippen molar-refractivity contribution >= 4 is 26.6 Å². The lowest BCUT2D eigenvalue weighted by atomic mass is 9.43. The Kier molecular flexibility index (Phi) is 21.5. The van der Waals surface area contributed by atoms with Crippen molar-refractivity contribution in [3.05, 3.63) is 0 Å². The highest BCUT2D eigenvalue weighted by Crippen LogP contribution is 2.70. The van der Waals surface area contributed by atoms with Crippen molar-refractivity contribution in [1.82, 2.24) is 10.6 Å². The number of carbonyl (C=O) groups is 1. The topological polar surface area (TPSA) is 235 Å². The van der Waals surface area contributed by atoms with Gasteiger partial charge in [0, 0.05) is 18.9 Å². The Morgan fingerprint density at radius 3 is 1.51 bits per heavy atom. The molecule has 8 N–H and O–H groups in total. The number of aliphatic hydroxyl groups excluding tert-OH is 2. The van der Waals surface area contributed by atoms with Gasteiger partial charge in [-0.25, -0.2) is 8.37 Å². The van der Waals surface area contributed by atoms with Gasteiger partial charge in [-0.15, -0.1) is 0 Å². The van der Waals surface area contributed by atoms with Gasteiger partial charge in [0.1, 0.15) is 5.78 Å². The van der Waals surface area contributed by atoms with Gasteiger partial charge in [0.25, 0.3) is 0 Å². The van der Waals surface area contributed by atoms with Gasteiger partial charge in [0.2, 0.25) is 0 Å². The first-order valence-corrected chi connectivity index (χ1v) is 34.1. The molecule has 0 radical (unpaired) electrons. The third-order valence-corrected chi connectivity index (χ3v) is 25.2. The van der Waals surface area contributed by atoms with E-state index in [-0.39, 0.29) is 40.3 Å². The number of unbranched alkanes of at least 4 members (excludes halogenated alkanes) is 1. The molecule has 0 heterocycles. The van der Waals surface area contributed by atoms with E-state index in [0.717, 1.165) is 96.8 Å². The third-order valence-electron chi connectivity index (χ3n) is 24.3. The van der Waals surface area contributed by atoms with Crippen molar-refractivity contribution in [3.63, 3.8) is 0 Å². The minimum atomic E-state index is -4.45. The number of hydrogen-bond acceptors (Lipinski definition) is 12. The van der Waals surface area contributed by atoms with Crippen LogP contribution < -0.4 is 16.4 Å². The van der Waals surface area contributed by atoms with Crippen molar-refractivity contribution in [3.8, 4) is 0 Å². The molecule has 448 valence electrons. The van der Waals surface area contributed by atoms with Gasteiger partial charge < -0.3 is 26.6 Å². The van der Waals surface area contributed by atoms with Crippen molar-refractivity contribution < 1.29 is 49.3 Å². The maximum atomic E-state index is 12.2. The van der Waals surface area contributed by atoms with Crippen LogP contribution in [-0.2, 0) is 34.0 Å². The number of nitrogens with one attached hydrogen (secondary N) is 2. The molecular weight excluding hydrogens is 1010 g/mol. The van der Waals surface area contributed by atoms with Crippen molar-refractivity contribution in [2.45, 2.75) is 247 Å². The van der Waals surface area contributed by atoms with E-state index in [1.807, 2.05) is 27.7 Å². The number of ketones is 1. The quantitative estimate of drug-likeness (QED) is 0.0373. The fourth-order valence-corrected chi connectivity index (χ4v) is 21.2. The minimum absolute atomic E-state index is 0.00456. The number of hydrogen-bond donors (Lipinski definition) is 7. The maximum Gasteiger partial charge on any atom is 0.397 e. The van der Waals surface area contributed by atoms with Crippen LogP contribution in [0.3, 0.4) is 0 Å². The van der Waals surface area contributed by atoms with Crippen LogP contribution in [0.2, 0.25) is 0 Å². The van der Waals surface area contributed by atoms with E-state index >= 15 is 0 Å². The Balaban J connectivity index is 0.000000230. The molecule has 0 aromatic heterocycles. The maximum absolute atomic E-state index is 12.2. The Morgan fingerprint density at radius 1 is 0.571 bits per heavy atom. The molecule has 8 aliphatic carbocycles. The van der Waals surface area contributed by atoms with E-state index in [2.05, 4.69) is 52.2 Å². The number of rotatable bonds is 23. The van der Waals surface area contributed by atoms with Gasteiger partial charge in [-0.3, -0.25) is 13.9 Å². The molecule has 6 unspecified atom stereocenters. The molecule has 0 bridgehead atoms. The molecule has 77 heavy (non-hydrogen) atoms. The number of nitrogens with two attached hydrogens (primary N) is 1. The molecule has 0 aromatic rings. The van der Waals surface area contributed by atoms with Gasteiger partial charge >= 0.3 is 20.8 Å². The summed E-state index contributed by atoms with van der Waals surface area (Å²) in [6, 6.07) is 0.573. The Morgan fingerprint density at radius 2 is 1.03 bits per heavy atom. The molecule has 21 atom stereocenters. The number of Topliss-reactive ketones (excluding diaryl/α,β-unsaturated/α-hetero) is 1. The normalized spacial score (nSPS) is 41.5. The van der Waals surface area contributed by atoms with E-state index in [4.69, 9.17) is 18.7 Å². The summed E-state index contributed by atoms with van der Waals surface area (Å²) in [6.45, 7) is 26.2. The molecule has 0 amide bonds. The third kappa shape index (κ3) is 14.4. The van der Waals surface area contributed by atoms with Crippen LogP contribution >= 0.6 is 0 Å². The highest BCUT2D eigenvalue weighted by Gasteiger charge is 2.65. The summed E-state index contributed by atoms with van der Waals surface area (Å²) >= 11 is 0. The largest absolute Gasteiger partial charge is 0.397 e. The fourth-order valence-electron chi connectivity index (χ4n) is 20.0. The summed E-state index contributed by atoms with van der Waals surface area (Å²) in [5, 5.41) is 30.5. The first kappa shape index (κ1) is 63.8. The second kappa shape index (κ2) is 26.0. The van der Waals surface area contributed by atoms with Crippen LogP contribution in [0.4, 0.5) is 0 Å². The average molecular weight is 1130 g/mol. The lowest BCUT2D eigenvalue weighted by Gasteiger charge is -2.62. The summed E-state index contributed by atoms with van der Waals surface area (Å²) in [5.41, 5.74) is 6.50. The molecule has 14 nitrogen and oxygen atoms in total. The summed E-state index contributed by atoms with van der Waals surface area (Å²) in [5.74, 6) is 6.25. The van der Waals surface area contributed by atoms with Crippen LogP contribution in [0.5, 0.6) is 0 Å². The summed E-state index contributed by atoms with van der Waals surface area (Å²) in [6.07, 6.45) is 22.1. The van der Waals surface area contributed by atoms with Crippen molar-refractivity contribution in [2.24, 2.45) is 110 Å². The zero-order valence-electron chi connectivity index (χ0n) is 49.6. The molecule has 16 heteroatoms. The Labute approximate surface area is 468 Å². The van der Waals surface area contributed by atoms with Gasteiger partial charge in [-0.1, -0.05) is 69.2 Å². The average Bonchev–Trinajstić information content (AvgIpc) is 3.99. The van der Waals surface area contributed by atoms with E-state index in [0.29, 0.717) is 114 Å². The van der Waals surface area contributed by atoms with Crippen LogP contribution in [-0.4, -0.2) is 98.6 Å². The molecule has 0 spiro atoms. The summed E-state index contributed by atoms with van der Waals surface area (Å²) < 4.78 is 73.8. The van der Waals surface area contributed by atoms with E-state index in [1.165, 1.54) is 51.4 Å². The predicted octanol–water partition coefficient (Wildman–Crippen LogP) is 11.0. The van der Waals surface area contributed by atoms with Gasteiger partial charge in [0.15, 0.2) is 0 Å². The number of aliphatic hydroxyl groups is 2. The summed E-state index contributed by atoms with van der Waals surface area (Å²) in [4.78, 5) is 12.2. The molecule has 0 aliphatic heterocycles. The second-order valence-corrected chi connectivity index (χ2v) is 31.1. The predicted molar refractivity (Wildman–Crippen MR) is 305 cm³/mol. The molecule has 0 aromatic carbocycles. The van der Waals surface area contributed by atoms with E-state index in [1.54, 1.807) is 0 Å². The van der Waals surface area contributed by atoms with Crippen molar-refractivity contribution in [2.75, 3.05) is 26.2 Å². The SMILES string of the molecule is CC(C)[C@@H](CC[C@@H](C)[C@H]1CCC2C3C(CC[C@@]21C)[C@@]1(C)CCC(=O)C[C@@H]1C[C@H]3O)OS(=O)(=O)O.CC(C)[C@@H](CC[C@@H](C)[C@H]1CCC2C3C(CC[C@@]21C)[C@@]1(C)CC[C@H](NCCCNCCCCN)C[C@@H]1C[C@H]3O)OS(=O)(=O)O. The molecular formula is C61H111N3O11S2. The fraction of sp³-hybridized carbons (Fsp3) is 0.984. The lowest BCUT2D eigenvalue weighted by Crippen LogP contribution is -2.59. The van der Waals surface area contributed by atoms with Crippen LogP contribution in [0, 0.1) is 105 Å². The van der Waals surface area contributed by atoms with E-state index < -0.39 is 33.0 Å². The highest BCUT2D eigenvalue weighted by atomic mass is 32.3. The lowest BCUT2D eigenvalue weighted by molar-refractivity contribution is -0.169. The first-order valence-electron chi connectivity index (χ1n) is 31.4. The monoisotopic (exact) mass is 1130 g/mol. The standard InChI is InChI=1S/C34H65N3O5S.C27H46O6S/c1-23(2)31(42-43(39,40)41)12-9-24(3)27-10-11-28-32-29(14-16-34(27,28)5)33(4)15-13-26(21-25(33)22-30(32)38)37-20-8-19-36-18-7-6-17-35;1-16(2)24(33-34(30,31)32)9-6-17(3)20-7-8-21-25-22(11-13-27(20,21)5)26(4)12-10-19(28)14-18(26)15-23(25)29/h23-32,36-38H,6-22,35H2,1-5H3,(H,39,40,41);16-18,20-25,29H,6-15H2,1-5H3,(H,30,31,32)/t24-,25-,26+,27-,28?,29?,30-,31-,32?,33+,34-;17-,18-,20-,21?,22?,23-,24-,25?,26+,27-/m11/s1. The second-order valence-electron chi connectivity index (χ2n) is 29.0. The van der Waals surface area contributed by atoms with Gasteiger partial charge in [0.05, 0.1) is 24.4 Å². The molecule has 8 saturated carbocycles. The molecule has 8 fully saturated rings. The van der Waals surface area contributed by atoms with Crippen LogP contribution in [0.25, 0.3) is 0 Å². The zero-order valence-corrected chi connectivity index (χ0v) is 51.2. The minimum Gasteiger partial charge on any atom is -0.393 e. The Hall–Kier alpha value is -0.790. The van der Waals surface area contributed by atoms with Gasteiger partial charge in [-0.2, -0.15) is 16.8 Å². The molecule has 8 rings (SSSR count). The number of fused-ring (bicyclic) bond motifs is 10. The van der Waals surface area contributed by atoms with Crippen molar-refractivity contribution in [1.29, 1.82) is 0 Å². The first-order chi connectivity index (χ1) is 36.1. The molecule has 8 aliphatic rings. The zero-order chi connectivity index (χ0) is 56.5. The molecule has 0 saturated heterocycles. The smallest absolute Gasteiger partial charge is 0.393 e. The summed E-state index contributed by atoms with van der Waals surface area (Å²) in [7, 11) is -8.91. The van der Waals surface area contributed by atoms with Crippen LogP contribution in [0.1, 0.15) is 217 Å². The Bertz CT molecular complexity index is 2150. The number of carbonyl (C=O) groups excluding carboxylic acids is 1. The van der Waals surface area contributed by atoms with Crippen LogP contribution in [0.15, 0.2) is 0 Å². The van der Waals surface area contributed by atoms with E-state index in [9.17, 15) is 36.4 Å². The highest BCUT2D eigenvalue weighted by molar-refractivity contribution is 7.81.